The summed E-state index contributed by atoms with van der Waals surface area (Å²) in [5, 5.41) is 4.17. The molecule has 0 amide bonds. The number of halogens is 3. The molecule has 0 atom stereocenters. The van der Waals surface area contributed by atoms with Gasteiger partial charge in [0.1, 0.15) is 17.2 Å². The number of nitrogens with one attached hydrogen (secondary N) is 2. The molecule has 0 aliphatic heterocycles. The van der Waals surface area contributed by atoms with Gasteiger partial charge in [-0.15, -0.1) is 0 Å². The number of nitrogens with zero attached hydrogens (tertiary/aromatic N) is 3. The Morgan fingerprint density at radius 3 is 2.37 bits per heavy atom. The molecular formula is C22H22F3N5. The van der Waals surface area contributed by atoms with Crippen molar-refractivity contribution in [1.29, 1.82) is 0 Å². The fourth-order valence-corrected chi connectivity index (χ4v) is 2.90. The lowest BCUT2D eigenvalue weighted by molar-refractivity contribution is -0.141. The molecule has 4 aromatic rings. The Morgan fingerprint density at radius 2 is 1.70 bits per heavy atom. The first-order valence-electron chi connectivity index (χ1n) is 9.61. The van der Waals surface area contributed by atoms with E-state index in [2.05, 4.69) is 25.3 Å². The maximum absolute atomic E-state index is 12.5. The molecule has 4 heterocycles. The Bertz CT molecular complexity index is 1070. The van der Waals surface area contributed by atoms with E-state index in [0.29, 0.717) is 17.9 Å². The monoisotopic (exact) mass is 413 g/mol. The Labute approximate surface area is 172 Å². The quantitative estimate of drug-likeness (QED) is 0.447. The van der Waals surface area contributed by atoms with E-state index in [-0.39, 0.29) is 0 Å². The van der Waals surface area contributed by atoms with Crippen LogP contribution in [0.4, 0.5) is 19.0 Å². The van der Waals surface area contributed by atoms with Crippen molar-refractivity contribution in [1.82, 2.24) is 19.9 Å². The van der Waals surface area contributed by atoms with E-state index in [4.69, 9.17) is 0 Å². The summed E-state index contributed by atoms with van der Waals surface area (Å²) < 4.78 is 37.6. The summed E-state index contributed by atoms with van der Waals surface area (Å²) in [7, 11) is 0. The smallest absolute Gasteiger partial charge is 0.366 e. The second-order valence-corrected chi connectivity index (χ2v) is 6.34. The predicted octanol–water partition coefficient (Wildman–Crippen LogP) is 5.60. The van der Waals surface area contributed by atoms with Crippen molar-refractivity contribution in [2.45, 2.75) is 33.0 Å². The number of anilines is 1. The van der Waals surface area contributed by atoms with Crippen molar-refractivity contribution in [2.24, 2.45) is 0 Å². The highest BCUT2D eigenvalue weighted by atomic mass is 19.4. The highest BCUT2D eigenvalue weighted by Gasteiger charge is 2.31. The Balaban J connectivity index is 0.00000124. The van der Waals surface area contributed by atoms with Crippen LogP contribution in [0.15, 0.2) is 61.2 Å². The zero-order chi connectivity index (χ0) is 21.6. The zero-order valence-electron chi connectivity index (χ0n) is 16.7. The first kappa shape index (κ1) is 21.3. The number of fused-ring (bicyclic) bond motifs is 1. The third-order valence-corrected chi connectivity index (χ3v) is 4.34. The topological polar surface area (TPSA) is 66.5 Å². The first-order valence-corrected chi connectivity index (χ1v) is 9.61. The SMILES string of the molecule is CC.FC(F)(F)c1ccc(CNc2ccc(Cc3c[nH]c4ncccc34)cn2)cn1. The van der Waals surface area contributed by atoms with Gasteiger partial charge in [0.05, 0.1) is 0 Å². The number of aromatic amines is 1. The van der Waals surface area contributed by atoms with E-state index in [1.54, 1.807) is 12.4 Å². The molecule has 0 spiro atoms. The van der Waals surface area contributed by atoms with Crippen LogP contribution in [0.25, 0.3) is 11.0 Å². The van der Waals surface area contributed by atoms with Crippen molar-refractivity contribution < 1.29 is 13.2 Å². The Hall–Kier alpha value is -3.42. The predicted molar refractivity (Wildman–Crippen MR) is 111 cm³/mol. The Kier molecular flexibility index (Phi) is 6.66. The van der Waals surface area contributed by atoms with E-state index in [0.717, 1.165) is 34.6 Å². The van der Waals surface area contributed by atoms with E-state index < -0.39 is 11.9 Å². The second-order valence-electron chi connectivity index (χ2n) is 6.34. The fraction of sp³-hybridized carbons (Fsp3) is 0.227. The summed E-state index contributed by atoms with van der Waals surface area (Å²) in [6.45, 7) is 4.34. The lowest BCUT2D eigenvalue weighted by Gasteiger charge is -2.08. The summed E-state index contributed by atoms with van der Waals surface area (Å²) in [4.78, 5) is 15.3. The average molecular weight is 413 g/mol. The van der Waals surface area contributed by atoms with Crippen molar-refractivity contribution >= 4 is 16.9 Å². The van der Waals surface area contributed by atoms with Crippen LogP contribution in [-0.4, -0.2) is 19.9 Å². The molecule has 0 aromatic carbocycles. The maximum Gasteiger partial charge on any atom is 0.433 e. The van der Waals surface area contributed by atoms with Crippen LogP contribution in [0.1, 0.15) is 36.2 Å². The Morgan fingerprint density at radius 1 is 0.933 bits per heavy atom. The minimum absolute atomic E-state index is 0.339. The highest BCUT2D eigenvalue weighted by molar-refractivity contribution is 5.79. The van der Waals surface area contributed by atoms with Gasteiger partial charge in [-0.1, -0.05) is 26.0 Å². The molecule has 0 aliphatic rings. The zero-order valence-corrected chi connectivity index (χ0v) is 16.7. The third kappa shape index (κ3) is 5.14. The highest BCUT2D eigenvalue weighted by Crippen LogP contribution is 2.27. The normalized spacial score (nSPS) is 11.1. The molecule has 30 heavy (non-hydrogen) atoms. The molecule has 8 heteroatoms. The van der Waals surface area contributed by atoms with Crippen LogP contribution in [0.2, 0.25) is 0 Å². The molecule has 2 N–H and O–H groups in total. The lowest BCUT2D eigenvalue weighted by atomic mass is 10.1. The molecule has 156 valence electrons. The molecule has 5 nitrogen and oxygen atoms in total. The van der Waals surface area contributed by atoms with Crippen LogP contribution in [-0.2, 0) is 19.1 Å². The lowest BCUT2D eigenvalue weighted by Crippen LogP contribution is -2.08. The van der Waals surface area contributed by atoms with Crippen molar-refractivity contribution in [3.63, 3.8) is 0 Å². The molecule has 4 aromatic heterocycles. The largest absolute Gasteiger partial charge is 0.433 e. The van der Waals surface area contributed by atoms with E-state index in [9.17, 15) is 13.2 Å². The maximum atomic E-state index is 12.5. The molecule has 4 rings (SSSR count). The molecule has 0 bridgehead atoms. The number of pyridine rings is 3. The van der Waals surface area contributed by atoms with Gasteiger partial charge < -0.3 is 10.3 Å². The van der Waals surface area contributed by atoms with Crippen molar-refractivity contribution in [3.05, 3.63) is 83.6 Å². The van der Waals surface area contributed by atoms with Crippen LogP contribution in [0.5, 0.6) is 0 Å². The van der Waals surface area contributed by atoms with Crippen LogP contribution < -0.4 is 5.32 Å². The third-order valence-electron chi connectivity index (χ3n) is 4.34. The van der Waals surface area contributed by atoms with E-state index >= 15 is 0 Å². The molecule has 0 aliphatic carbocycles. The minimum atomic E-state index is -4.43. The van der Waals surface area contributed by atoms with Gasteiger partial charge in [0.25, 0.3) is 0 Å². The number of hydrogen-bond donors (Lipinski definition) is 2. The summed E-state index contributed by atoms with van der Waals surface area (Å²) in [6, 6.07) is 10.1. The number of hydrogen-bond acceptors (Lipinski definition) is 4. The van der Waals surface area contributed by atoms with Gasteiger partial charge in [-0.3, -0.25) is 4.98 Å². The summed E-state index contributed by atoms with van der Waals surface area (Å²) in [5.74, 6) is 0.643. The first-order chi connectivity index (χ1) is 14.5. The van der Waals surface area contributed by atoms with Gasteiger partial charge in [0.2, 0.25) is 0 Å². The minimum Gasteiger partial charge on any atom is -0.366 e. The van der Waals surface area contributed by atoms with E-state index in [1.165, 1.54) is 12.3 Å². The molecule has 0 saturated heterocycles. The van der Waals surface area contributed by atoms with Gasteiger partial charge in [-0.05, 0) is 41.0 Å². The average Bonchev–Trinajstić information content (AvgIpc) is 3.17. The van der Waals surface area contributed by atoms with Crippen LogP contribution in [0.3, 0.4) is 0 Å². The summed E-state index contributed by atoms with van der Waals surface area (Å²) in [6.07, 6.45) is 2.99. The second kappa shape index (κ2) is 9.39. The molecular weight excluding hydrogens is 391 g/mol. The molecule has 0 unspecified atom stereocenters. The summed E-state index contributed by atoms with van der Waals surface area (Å²) in [5.41, 5.74) is 2.79. The summed E-state index contributed by atoms with van der Waals surface area (Å²) >= 11 is 0. The van der Waals surface area contributed by atoms with Gasteiger partial charge in [0, 0.05) is 43.1 Å². The van der Waals surface area contributed by atoms with E-state index in [1.807, 2.05) is 44.3 Å². The van der Waals surface area contributed by atoms with Gasteiger partial charge in [0.15, 0.2) is 0 Å². The molecule has 0 fully saturated rings. The number of H-pyrrole nitrogens is 1. The van der Waals surface area contributed by atoms with Crippen LogP contribution >= 0.6 is 0 Å². The number of rotatable bonds is 5. The molecule has 0 radical (unpaired) electrons. The molecule has 0 saturated carbocycles. The fourth-order valence-electron chi connectivity index (χ4n) is 2.90. The number of alkyl halides is 3. The van der Waals surface area contributed by atoms with Gasteiger partial charge in [-0.2, -0.15) is 13.2 Å². The van der Waals surface area contributed by atoms with Gasteiger partial charge >= 0.3 is 6.18 Å². The van der Waals surface area contributed by atoms with Crippen molar-refractivity contribution in [2.75, 3.05) is 5.32 Å². The number of aromatic nitrogens is 4. The van der Waals surface area contributed by atoms with Crippen LogP contribution in [0, 0.1) is 0 Å². The van der Waals surface area contributed by atoms with Crippen molar-refractivity contribution in [3.8, 4) is 0 Å². The van der Waals surface area contributed by atoms with Gasteiger partial charge in [-0.25, -0.2) is 9.97 Å². The standard InChI is InChI=1S/C20H16F3N5.C2H6/c21-20(22,23)17-5-3-14(10-25-17)11-27-18-6-4-13(9-26-18)8-15-12-28-19-16(15)2-1-7-24-19;1-2/h1-7,9-10,12H,8,11H2,(H,24,28)(H,26,27);1-2H3.